The summed E-state index contributed by atoms with van der Waals surface area (Å²) in [5.74, 6) is 7.81. The number of nitrogens with zero attached hydrogens (tertiary/aromatic N) is 2. The first-order valence-corrected chi connectivity index (χ1v) is 11.1. The predicted octanol–water partition coefficient (Wildman–Crippen LogP) is 5.07. The molecule has 3 N–H and O–H groups in total. The van der Waals surface area contributed by atoms with Crippen LogP contribution in [0.5, 0.6) is 0 Å². The quantitative estimate of drug-likeness (QED) is 0.316. The lowest BCUT2D eigenvalue weighted by Crippen LogP contribution is -2.31. The van der Waals surface area contributed by atoms with Gasteiger partial charge < -0.3 is 10.3 Å². The van der Waals surface area contributed by atoms with E-state index >= 15 is 0 Å². The van der Waals surface area contributed by atoms with Gasteiger partial charge in [-0.1, -0.05) is 44.7 Å². The molecule has 32 heavy (non-hydrogen) atoms. The second-order valence-corrected chi connectivity index (χ2v) is 9.74. The van der Waals surface area contributed by atoms with Crippen molar-refractivity contribution in [2.24, 2.45) is 11.3 Å². The molecule has 3 aromatic heterocycles. The highest BCUT2D eigenvalue weighted by atomic mass is 16.1. The van der Waals surface area contributed by atoms with Crippen LogP contribution in [0.2, 0.25) is 0 Å². The Morgan fingerprint density at radius 3 is 2.66 bits per heavy atom. The van der Waals surface area contributed by atoms with Crippen molar-refractivity contribution < 1.29 is 0 Å². The first-order valence-electron chi connectivity index (χ1n) is 11.1. The summed E-state index contributed by atoms with van der Waals surface area (Å²) in [6.45, 7) is 8.75. The molecule has 0 amide bonds. The summed E-state index contributed by atoms with van der Waals surface area (Å²) in [6.07, 6.45) is 7.61. The van der Waals surface area contributed by atoms with E-state index in [1.165, 1.54) is 0 Å². The third-order valence-corrected chi connectivity index (χ3v) is 6.31. The van der Waals surface area contributed by atoms with Crippen molar-refractivity contribution in [2.75, 3.05) is 5.32 Å². The SMILES string of the molecule is C[C@@H](Nc1nc2c(C#CC3CC3)c[nH]c(=O)c2c2cc(-c3cn[nH]c3)ccc12)C(C)(C)C. The molecule has 1 atom stereocenters. The lowest BCUT2D eigenvalue weighted by atomic mass is 9.88. The summed E-state index contributed by atoms with van der Waals surface area (Å²) >= 11 is 0. The maximum atomic E-state index is 13.0. The van der Waals surface area contributed by atoms with Crippen LogP contribution in [0.15, 0.2) is 41.6 Å². The van der Waals surface area contributed by atoms with Crippen LogP contribution in [0.1, 0.15) is 46.1 Å². The van der Waals surface area contributed by atoms with Crippen LogP contribution in [0, 0.1) is 23.2 Å². The average Bonchev–Trinajstić information content (AvgIpc) is 3.42. The molecule has 6 heteroatoms. The lowest BCUT2D eigenvalue weighted by Gasteiger charge is -2.29. The Morgan fingerprint density at radius 2 is 1.97 bits per heavy atom. The second-order valence-electron chi connectivity index (χ2n) is 9.74. The number of fused-ring (bicyclic) bond motifs is 3. The first kappa shape index (κ1) is 20.3. The van der Waals surface area contributed by atoms with Gasteiger partial charge in [-0.3, -0.25) is 9.89 Å². The van der Waals surface area contributed by atoms with E-state index in [1.807, 2.05) is 24.4 Å². The van der Waals surface area contributed by atoms with E-state index in [1.54, 1.807) is 12.4 Å². The molecule has 3 heterocycles. The minimum atomic E-state index is -0.158. The summed E-state index contributed by atoms with van der Waals surface area (Å²) in [7, 11) is 0. The fraction of sp³-hybridized carbons (Fsp3) is 0.346. The Kier molecular flexibility index (Phi) is 4.78. The van der Waals surface area contributed by atoms with Crippen LogP contribution in [0.25, 0.3) is 32.8 Å². The van der Waals surface area contributed by atoms with Gasteiger partial charge in [-0.25, -0.2) is 4.98 Å². The molecule has 1 aromatic carbocycles. The van der Waals surface area contributed by atoms with Gasteiger partial charge in [-0.05, 0) is 36.8 Å². The molecule has 0 saturated heterocycles. The van der Waals surface area contributed by atoms with E-state index in [0.29, 0.717) is 16.8 Å². The van der Waals surface area contributed by atoms with Crippen LogP contribution in [-0.4, -0.2) is 26.2 Å². The van der Waals surface area contributed by atoms with Gasteiger partial charge in [-0.15, -0.1) is 0 Å². The van der Waals surface area contributed by atoms with Gasteiger partial charge in [0.05, 0.1) is 22.7 Å². The highest BCUT2D eigenvalue weighted by Crippen LogP contribution is 2.34. The van der Waals surface area contributed by atoms with E-state index in [4.69, 9.17) is 4.98 Å². The maximum Gasteiger partial charge on any atom is 0.258 e. The number of hydrogen-bond acceptors (Lipinski definition) is 4. The van der Waals surface area contributed by atoms with Gasteiger partial charge in [0.2, 0.25) is 0 Å². The van der Waals surface area contributed by atoms with Crippen molar-refractivity contribution >= 4 is 27.5 Å². The van der Waals surface area contributed by atoms with Gasteiger partial charge >= 0.3 is 0 Å². The van der Waals surface area contributed by atoms with Crippen molar-refractivity contribution in [2.45, 2.75) is 46.6 Å². The van der Waals surface area contributed by atoms with E-state index in [0.717, 1.165) is 46.1 Å². The first-order chi connectivity index (χ1) is 15.3. The van der Waals surface area contributed by atoms with Crippen LogP contribution in [-0.2, 0) is 0 Å². The molecule has 0 unspecified atom stereocenters. The largest absolute Gasteiger partial charge is 0.367 e. The van der Waals surface area contributed by atoms with Gasteiger partial charge in [0.25, 0.3) is 5.56 Å². The summed E-state index contributed by atoms with van der Waals surface area (Å²) in [5, 5.41) is 12.9. The van der Waals surface area contributed by atoms with Crippen molar-refractivity contribution in [1.29, 1.82) is 0 Å². The summed E-state index contributed by atoms with van der Waals surface area (Å²) < 4.78 is 0. The fourth-order valence-corrected chi connectivity index (χ4v) is 3.64. The van der Waals surface area contributed by atoms with Crippen LogP contribution < -0.4 is 10.9 Å². The minimum absolute atomic E-state index is 0.0441. The summed E-state index contributed by atoms with van der Waals surface area (Å²) in [5.41, 5.74) is 3.24. The van der Waals surface area contributed by atoms with Crippen molar-refractivity contribution in [1.82, 2.24) is 20.2 Å². The molecular weight excluding hydrogens is 398 g/mol. The average molecular weight is 426 g/mol. The normalized spacial score (nSPS) is 14.9. The number of anilines is 1. The zero-order valence-corrected chi connectivity index (χ0v) is 18.8. The second kappa shape index (κ2) is 7.52. The number of nitrogens with one attached hydrogen (secondary N) is 3. The molecule has 5 rings (SSSR count). The van der Waals surface area contributed by atoms with Gasteiger partial charge in [0.15, 0.2) is 0 Å². The lowest BCUT2D eigenvalue weighted by molar-refractivity contribution is 0.359. The Bertz CT molecular complexity index is 1430. The van der Waals surface area contributed by atoms with Crippen LogP contribution >= 0.6 is 0 Å². The Morgan fingerprint density at radius 1 is 1.16 bits per heavy atom. The highest BCUT2D eigenvalue weighted by molar-refractivity contribution is 6.12. The molecule has 6 nitrogen and oxygen atoms in total. The van der Waals surface area contributed by atoms with Crippen molar-refractivity contribution in [3.8, 4) is 23.0 Å². The van der Waals surface area contributed by atoms with Gasteiger partial charge in [0.1, 0.15) is 5.82 Å². The molecule has 0 aliphatic heterocycles. The number of pyridine rings is 2. The molecule has 162 valence electrons. The molecule has 1 saturated carbocycles. The molecule has 0 bridgehead atoms. The number of aromatic nitrogens is 4. The Hall–Kier alpha value is -3.59. The molecule has 4 aromatic rings. The van der Waals surface area contributed by atoms with Crippen LogP contribution in [0.4, 0.5) is 5.82 Å². The monoisotopic (exact) mass is 425 g/mol. The number of H-pyrrole nitrogens is 2. The van der Waals surface area contributed by atoms with Gasteiger partial charge in [-0.2, -0.15) is 5.10 Å². The molecule has 0 spiro atoms. The highest BCUT2D eigenvalue weighted by Gasteiger charge is 2.23. The topological polar surface area (TPSA) is 86.5 Å². The summed E-state index contributed by atoms with van der Waals surface area (Å²) in [6, 6.07) is 6.29. The van der Waals surface area contributed by atoms with E-state index in [9.17, 15) is 4.79 Å². The van der Waals surface area contributed by atoms with E-state index < -0.39 is 0 Å². The minimum Gasteiger partial charge on any atom is -0.367 e. The Balaban J connectivity index is 1.80. The maximum absolute atomic E-state index is 13.0. The standard InChI is InChI=1S/C26H27N5O/c1-15(26(2,3)4)30-24-20-10-9-17(19-13-28-29-14-19)11-21(20)22-23(31-24)18(12-27-25(22)32)8-7-16-5-6-16/h9-16H,5-6H2,1-4H3,(H,27,32)(H,28,29)(H,30,31)/t15-/m1/s1. The predicted molar refractivity (Wildman–Crippen MR) is 130 cm³/mol. The van der Waals surface area contributed by atoms with Crippen molar-refractivity contribution in [3.63, 3.8) is 0 Å². The zero-order valence-electron chi connectivity index (χ0n) is 18.8. The fourth-order valence-electron chi connectivity index (χ4n) is 3.64. The third-order valence-electron chi connectivity index (χ3n) is 6.31. The molecular formula is C26H27N5O. The molecule has 1 aliphatic rings. The van der Waals surface area contributed by atoms with Crippen LogP contribution in [0.3, 0.4) is 0 Å². The van der Waals surface area contributed by atoms with E-state index in [-0.39, 0.29) is 17.0 Å². The summed E-state index contributed by atoms with van der Waals surface area (Å²) in [4.78, 5) is 20.8. The zero-order chi connectivity index (χ0) is 22.5. The third kappa shape index (κ3) is 3.75. The Labute approximate surface area is 186 Å². The molecule has 0 radical (unpaired) electrons. The van der Waals surface area contributed by atoms with E-state index in [2.05, 4.69) is 60.0 Å². The number of benzene rings is 1. The van der Waals surface area contributed by atoms with Crippen molar-refractivity contribution in [3.05, 3.63) is 52.7 Å². The number of hydrogen-bond donors (Lipinski definition) is 3. The molecule has 1 fully saturated rings. The number of rotatable bonds is 3. The smallest absolute Gasteiger partial charge is 0.258 e. The van der Waals surface area contributed by atoms with Gasteiger partial charge in [0, 0.05) is 40.7 Å². The molecule has 1 aliphatic carbocycles. The number of aromatic amines is 2.